The minimum absolute atomic E-state index is 0.0293. The van der Waals surface area contributed by atoms with E-state index in [1.165, 1.54) is 11.9 Å². The molecule has 0 saturated carbocycles. The van der Waals surface area contributed by atoms with Crippen LogP contribution in [0.5, 0.6) is 0 Å². The minimum atomic E-state index is -4.97. The third-order valence-electron chi connectivity index (χ3n) is 5.15. The Hall–Kier alpha value is -1.77. The number of carbonyl (C=O) groups excluding carboxylic acids is 1. The van der Waals surface area contributed by atoms with E-state index in [0.29, 0.717) is 25.0 Å². The van der Waals surface area contributed by atoms with Gasteiger partial charge in [-0.2, -0.15) is 26.3 Å². The van der Waals surface area contributed by atoms with E-state index in [9.17, 15) is 31.1 Å². The maximum Gasteiger partial charge on any atom is 0.416 e. The fourth-order valence-corrected chi connectivity index (χ4v) is 3.79. The van der Waals surface area contributed by atoms with Gasteiger partial charge in [0.1, 0.15) is 0 Å². The first-order valence-electron chi connectivity index (χ1n) is 8.28. The number of carbonyl (C=O) groups is 1. The molecule has 2 bridgehead atoms. The molecule has 0 aliphatic carbocycles. The number of rotatable bonds is 2. The summed E-state index contributed by atoms with van der Waals surface area (Å²) in [5.41, 5.74) is -3.55. The lowest BCUT2D eigenvalue weighted by atomic mass is 9.97. The summed E-state index contributed by atoms with van der Waals surface area (Å²) in [4.78, 5) is 13.9. The van der Waals surface area contributed by atoms with Crippen LogP contribution in [0, 0.1) is 0 Å². The van der Waals surface area contributed by atoms with E-state index < -0.39 is 35.0 Å². The van der Waals surface area contributed by atoms with Crippen LogP contribution in [0.3, 0.4) is 0 Å². The smallest absolute Gasteiger partial charge is 0.339 e. The second kappa shape index (κ2) is 6.44. The molecule has 2 aliphatic rings. The largest absolute Gasteiger partial charge is 0.416 e. The number of piperidine rings is 1. The molecular formula is C17H18F6N2O. The second-order valence-electron chi connectivity index (χ2n) is 6.97. The molecule has 1 aromatic rings. The Morgan fingerprint density at radius 1 is 0.962 bits per heavy atom. The molecule has 2 aliphatic heterocycles. The van der Waals surface area contributed by atoms with Crippen molar-refractivity contribution in [2.24, 2.45) is 0 Å². The molecule has 2 heterocycles. The average molecular weight is 380 g/mol. The summed E-state index contributed by atoms with van der Waals surface area (Å²) in [5, 5.41) is 3.38. The highest BCUT2D eigenvalue weighted by atomic mass is 19.4. The first-order valence-corrected chi connectivity index (χ1v) is 8.28. The molecule has 144 valence electrons. The van der Waals surface area contributed by atoms with Crippen LogP contribution < -0.4 is 5.32 Å². The molecule has 26 heavy (non-hydrogen) atoms. The van der Waals surface area contributed by atoms with Crippen molar-refractivity contribution in [3.05, 3.63) is 34.9 Å². The summed E-state index contributed by atoms with van der Waals surface area (Å²) in [6.07, 6.45) is -6.73. The van der Waals surface area contributed by atoms with Gasteiger partial charge in [0, 0.05) is 30.7 Å². The van der Waals surface area contributed by atoms with E-state index in [2.05, 4.69) is 5.32 Å². The van der Waals surface area contributed by atoms with Gasteiger partial charge in [0.2, 0.25) is 0 Å². The molecule has 9 heteroatoms. The van der Waals surface area contributed by atoms with E-state index in [4.69, 9.17) is 0 Å². The predicted octanol–water partition coefficient (Wildman–Crippen LogP) is 4.08. The van der Waals surface area contributed by atoms with Crippen LogP contribution >= 0.6 is 0 Å². The summed E-state index contributed by atoms with van der Waals surface area (Å²) < 4.78 is 77.8. The monoisotopic (exact) mass is 380 g/mol. The molecule has 0 radical (unpaired) electrons. The number of nitrogens with one attached hydrogen (secondary N) is 1. The standard InChI is InChI=1S/C17H18F6N2O/c1-25(14-7-12-2-3-13(8-14)24-12)15(26)9-4-10(16(18,19)20)6-11(5-9)17(21,22)23/h4-6,12-14,24H,2-3,7-8H2,1H3. The summed E-state index contributed by atoms with van der Waals surface area (Å²) in [6.45, 7) is 0. The zero-order valence-electron chi connectivity index (χ0n) is 13.9. The van der Waals surface area contributed by atoms with Gasteiger partial charge in [0.05, 0.1) is 11.1 Å². The topological polar surface area (TPSA) is 32.3 Å². The molecule has 2 atom stereocenters. The normalized spacial score (nSPS) is 26.0. The Kier molecular flexibility index (Phi) is 4.71. The number of alkyl halides is 6. The molecule has 0 aromatic heterocycles. The molecule has 2 fully saturated rings. The number of hydrogen-bond acceptors (Lipinski definition) is 2. The Balaban J connectivity index is 1.90. The lowest BCUT2D eigenvalue weighted by molar-refractivity contribution is -0.143. The van der Waals surface area contributed by atoms with E-state index in [0.717, 1.165) is 12.8 Å². The van der Waals surface area contributed by atoms with Crippen LogP contribution in [0.4, 0.5) is 26.3 Å². The summed E-state index contributed by atoms with van der Waals surface area (Å²) >= 11 is 0. The predicted molar refractivity (Wildman–Crippen MR) is 81.5 cm³/mol. The van der Waals surface area contributed by atoms with Crippen molar-refractivity contribution < 1.29 is 31.1 Å². The molecule has 2 unspecified atom stereocenters. The fraction of sp³-hybridized carbons (Fsp3) is 0.588. The van der Waals surface area contributed by atoms with Gasteiger partial charge in [-0.1, -0.05) is 0 Å². The van der Waals surface area contributed by atoms with E-state index in [1.807, 2.05) is 0 Å². The van der Waals surface area contributed by atoms with Gasteiger partial charge >= 0.3 is 12.4 Å². The lowest BCUT2D eigenvalue weighted by Crippen LogP contribution is -2.48. The number of amides is 1. The lowest BCUT2D eigenvalue weighted by Gasteiger charge is -2.35. The maximum absolute atomic E-state index is 13.0. The highest BCUT2D eigenvalue weighted by molar-refractivity contribution is 5.94. The van der Waals surface area contributed by atoms with Crippen molar-refractivity contribution in [1.29, 1.82) is 0 Å². The molecule has 2 saturated heterocycles. The van der Waals surface area contributed by atoms with Crippen LogP contribution in [-0.2, 0) is 12.4 Å². The zero-order valence-corrected chi connectivity index (χ0v) is 13.9. The van der Waals surface area contributed by atoms with Crippen LogP contribution in [0.2, 0.25) is 0 Å². The van der Waals surface area contributed by atoms with Crippen LogP contribution in [0.1, 0.15) is 47.2 Å². The number of fused-ring (bicyclic) bond motifs is 2. The van der Waals surface area contributed by atoms with Gasteiger partial charge in [-0.05, 0) is 43.9 Å². The van der Waals surface area contributed by atoms with E-state index >= 15 is 0 Å². The Morgan fingerprint density at radius 2 is 1.42 bits per heavy atom. The minimum Gasteiger partial charge on any atom is -0.339 e. The van der Waals surface area contributed by atoms with Crippen molar-refractivity contribution >= 4 is 5.91 Å². The average Bonchev–Trinajstić information content (AvgIpc) is 2.89. The zero-order chi connectivity index (χ0) is 19.3. The van der Waals surface area contributed by atoms with Crippen molar-refractivity contribution in [2.75, 3.05) is 7.05 Å². The van der Waals surface area contributed by atoms with Crippen molar-refractivity contribution in [3.63, 3.8) is 0 Å². The molecule has 3 rings (SSSR count). The SMILES string of the molecule is CN(C(=O)c1cc(C(F)(F)F)cc(C(F)(F)F)c1)C1CC2CCC(C1)N2. The first-order chi connectivity index (χ1) is 11.9. The fourth-order valence-electron chi connectivity index (χ4n) is 3.79. The summed E-state index contributed by atoms with van der Waals surface area (Å²) in [7, 11) is 1.44. The van der Waals surface area contributed by atoms with Crippen molar-refractivity contribution in [2.45, 2.75) is 56.2 Å². The Morgan fingerprint density at radius 3 is 1.85 bits per heavy atom. The second-order valence-corrected chi connectivity index (χ2v) is 6.97. The molecule has 3 nitrogen and oxygen atoms in total. The molecule has 1 aromatic carbocycles. The van der Waals surface area contributed by atoms with Gasteiger partial charge in [-0.3, -0.25) is 4.79 Å². The number of benzene rings is 1. The third-order valence-corrected chi connectivity index (χ3v) is 5.15. The Bertz CT molecular complexity index is 655. The summed E-state index contributed by atoms with van der Waals surface area (Å²) in [6, 6.07) is 1.28. The van der Waals surface area contributed by atoms with Crippen LogP contribution in [0.15, 0.2) is 18.2 Å². The quantitative estimate of drug-likeness (QED) is 0.785. The van der Waals surface area contributed by atoms with E-state index in [-0.39, 0.29) is 24.2 Å². The molecule has 0 spiro atoms. The van der Waals surface area contributed by atoms with Gasteiger partial charge in [0.15, 0.2) is 0 Å². The highest BCUT2D eigenvalue weighted by Gasteiger charge is 2.39. The van der Waals surface area contributed by atoms with Crippen molar-refractivity contribution in [1.82, 2.24) is 10.2 Å². The van der Waals surface area contributed by atoms with Gasteiger partial charge < -0.3 is 10.2 Å². The van der Waals surface area contributed by atoms with Crippen molar-refractivity contribution in [3.8, 4) is 0 Å². The Labute approximate surface area is 146 Å². The summed E-state index contributed by atoms with van der Waals surface area (Å²) in [5.74, 6) is -0.826. The highest BCUT2D eigenvalue weighted by Crippen LogP contribution is 2.37. The molecule has 1 amide bonds. The number of halogens is 6. The van der Waals surface area contributed by atoms with Gasteiger partial charge in [-0.25, -0.2) is 0 Å². The van der Waals surface area contributed by atoms with Crippen LogP contribution in [-0.4, -0.2) is 36.0 Å². The van der Waals surface area contributed by atoms with Gasteiger partial charge in [0.25, 0.3) is 5.91 Å². The maximum atomic E-state index is 13.0. The third kappa shape index (κ3) is 3.82. The molecule has 1 N–H and O–H groups in total. The number of hydrogen-bond donors (Lipinski definition) is 1. The van der Waals surface area contributed by atoms with E-state index in [1.54, 1.807) is 0 Å². The molecular weight excluding hydrogens is 362 g/mol. The van der Waals surface area contributed by atoms with Crippen LogP contribution in [0.25, 0.3) is 0 Å². The number of nitrogens with zero attached hydrogens (tertiary/aromatic N) is 1. The first kappa shape index (κ1) is 19.0. The van der Waals surface area contributed by atoms with Gasteiger partial charge in [-0.15, -0.1) is 0 Å².